The molecule has 0 amide bonds. The fraction of sp³-hybridized carbons (Fsp3) is 0.840. The standard InChI is InChI=1S/C25H47NO5/c1-5-6-7-14-17-22(27)18-15-12-10-8-9-11-13-16-19-25(30)31-23(20-24(28)29)21-26(2,3)4/h16,19,22-23,27H,5-15,17-18,20-21H2,1-4H3/p+1. The molecule has 2 unspecified atom stereocenters. The van der Waals surface area contributed by atoms with Crippen molar-refractivity contribution < 1.29 is 29.0 Å². The molecular weight excluding hydrogens is 394 g/mol. The number of allylic oxidation sites excluding steroid dienone is 1. The molecule has 0 aromatic rings. The Hall–Kier alpha value is -1.40. The molecule has 0 saturated carbocycles. The van der Waals surface area contributed by atoms with Crippen molar-refractivity contribution in [1.82, 2.24) is 0 Å². The topological polar surface area (TPSA) is 83.8 Å². The second-order valence-corrected chi connectivity index (χ2v) is 9.73. The molecule has 182 valence electrons. The highest BCUT2D eigenvalue weighted by Crippen LogP contribution is 2.14. The van der Waals surface area contributed by atoms with Crippen LogP contribution in [-0.4, -0.2) is 66.5 Å². The lowest BCUT2D eigenvalue weighted by atomic mass is 10.0. The second kappa shape index (κ2) is 18.2. The third-order valence-corrected chi connectivity index (χ3v) is 5.24. The normalized spacial score (nSPS) is 14.0. The lowest BCUT2D eigenvalue weighted by Crippen LogP contribution is -2.43. The molecule has 6 heteroatoms. The summed E-state index contributed by atoms with van der Waals surface area (Å²) in [5.74, 6) is -1.43. The van der Waals surface area contributed by atoms with Crippen LogP contribution < -0.4 is 0 Å². The lowest BCUT2D eigenvalue weighted by molar-refractivity contribution is -0.873. The third-order valence-electron chi connectivity index (χ3n) is 5.24. The average Bonchev–Trinajstić information content (AvgIpc) is 2.64. The van der Waals surface area contributed by atoms with Crippen molar-refractivity contribution in [2.45, 2.75) is 109 Å². The Balaban J connectivity index is 3.76. The summed E-state index contributed by atoms with van der Waals surface area (Å²) < 4.78 is 5.86. The van der Waals surface area contributed by atoms with Crippen LogP contribution in [-0.2, 0) is 14.3 Å². The summed E-state index contributed by atoms with van der Waals surface area (Å²) in [7, 11) is 5.82. The highest BCUT2D eigenvalue weighted by Gasteiger charge is 2.23. The van der Waals surface area contributed by atoms with Gasteiger partial charge in [-0.3, -0.25) is 4.79 Å². The molecule has 31 heavy (non-hydrogen) atoms. The van der Waals surface area contributed by atoms with Crippen LogP contribution in [0.5, 0.6) is 0 Å². The van der Waals surface area contributed by atoms with Gasteiger partial charge >= 0.3 is 11.9 Å². The number of carbonyl (C=O) groups excluding carboxylic acids is 1. The molecule has 0 rings (SSSR count). The first kappa shape index (κ1) is 29.6. The number of carboxylic acids is 1. The van der Waals surface area contributed by atoms with Crippen molar-refractivity contribution in [2.24, 2.45) is 0 Å². The van der Waals surface area contributed by atoms with E-state index in [9.17, 15) is 14.7 Å². The first-order valence-electron chi connectivity index (χ1n) is 12.2. The number of aliphatic hydroxyl groups excluding tert-OH is 1. The molecule has 0 aliphatic heterocycles. The van der Waals surface area contributed by atoms with E-state index in [2.05, 4.69) is 6.92 Å². The van der Waals surface area contributed by atoms with E-state index in [0.717, 1.165) is 44.9 Å². The molecule has 0 bridgehead atoms. The first-order chi connectivity index (χ1) is 14.6. The molecule has 0 radical (unpaired) electrons. The zero-order valence-electron chi connectivity index (χ0n) is 20.5. The Morgan fingerprint density at radius 2 is 1.45 bits per heavy atom. The predicted octanol–water partition coefficient (Wildman–Crippen LogP) is 5.09. The molecule has 0 heterocycles. The van der Waals surface area contributed by atoms with Crippen molar-refractivity contribution in [3.05, 3.63) is 12.2 Å². The van der Waals surface area contributed by atoms with E-state index in [0.29, 0.717) is 11.0 Å². The van der Waals surface area contributed by atoms with Gasteiger partial charge in [0.2, 0.25) is 0 Å². The lowest BCUT2D eigenvalue weighted by Gasteiger charge is -2.28. The van der Waals surface area contributed by atoms with Gasteiger partial charge in [0.05, 0.1) is 33.7 Å². The van der Waals surface area contributed by atoms with Gasteiger partial charge < -0.3 is 19.4 Å². The highest BCUT2D eigenvalue weighted by molar-refractivity contribution is 5.82. The maximum absolute atomic E-state index is 12.0. The SMILES string of the molecule is CCCCCCC(O)CCCCCCCCC=CC(=O)OC(CC(=O)O)C[N+](C)(C)C. The third kappa shape index (κ3) is 21.6. The number of quaternary nitrogens is 1. The Kier molecular flexibility index (Phi) is 17.4. The summed E-state index contributed by atoms with van der Waals surface area (Å²) in [6.07, 6.45) is 16.7. The van der Waals surface area contributed by atoms with E-state index in [4.69, 9.17) is 9.84 Å². The Labute approximate surface area is 190 Å². The van der Waals surface area contributed by atoms with Gasteiger partial charge in [-0.05, 0) is 25.7 Å². The van der Waals surface area contributed by atoms with E-state index in [1.807, 2.05) is 27.2 Å². The maximum Gasteiger partial charge on any atom is 0.330 e. The molecule has 6 nitrogen and oxygen atoms in total. The van der Waals surface area contributed by atoms with E-state index in [-0.39, 0.29) is 12.5 Å². The smallest absolute Gasteiger partial charge is 0.330 e. The minimum absolute atomic E-state index is 0.126. The number of hydrogen-bond donors (Lipinski definition) is 2. The molecule has 0 aromatic heterocycles. The summed E-state index contributed by atoms with van der Waals surface area (Å²) in [6, 6.07) is 0. The van der Waals surface area contributed by atoms with E-state index < -0.39 is 18.0 Å². The Bertz CT molecular complexity index is 499. The summed E-state index contributed by atoms with van der Waals surface area (Å²) in [4.78, 5) is 22.9. The van der Waals surface area contributed by atoms with Gasteiger partial charge in [-0.2, -0.15) is 0 Å². The number of unbranched alkanes of at least 4 members (excludes halogenated alkanes) is 9. The summed E-state index contributed by atoms with van der Waals surface area (Å²) in [5.41, 5.74) is 0. The number of aliphatic carboxylic acids is 1. The van der Waals surface area contributed by atoms with Crippen molar-refractivity contribution in [3.63, 3.8) is 0 Å². The van der Waals surface area contributed by atoms with Gasteiger partial charge in [-0.15, -0.1) is 0 Å². The fourth-order valence-corrected chi connectivity index (χ4v) is 3.63. The zero-order chi connectivity index (χ0) is 23.5. The van der Waals surface area contributed by atoms with Crippen molar-refractivity contribution in [3.8, 4) is 0 Å². The van der Waals surface area contributed by atoms with Gasteiger partial charge in [0.1, 0.15) is 6.54 Å². The molecule has 2 atom stereocenters. The molecule has 0 saturated heterocycles. The van der Waals surface area contributed by atoms with Crippen LogP contribution in [0.15, 0.2) is 12.2 Å². The van der Waals surface area contributed by atoms with Gasteiger partial charge in [-0.25, -0.2) is 4.79 Å². The van der Waals surface area contributed by atoms with Gasteiger partial charge in [0.15, 0.2) is 6.10 Å². The van der Waals surface area contributed by atoms with Crippen LogP contribution >= 0.6 is 0 Å². The number of nitrogens with zero attached hydrogens (tertiary/aromatic N) is 1. The number of hydrogen-bond acceptors (Lipinski definition) is 4. The summed E-state index contributed by atoms with van der Waals surface area (Å²) in [6.45, 7) is 2.66. The first-order valence-corrected chi connectivity index (χ1v) is 12.2. The highest BCUT2D eigenvalue weighted by atomic mass is 16.5. The number of ether oxygens (including phenoxy) is 1. The molecular formula is C25H48NO5+. The minimum Gasteiger partial charge on any atom is -0.481 e. The van der Waals surface area contributed by atoms with Crippen LogP contribution in [0.4, 0.5) is 0 Å². The largest absolute Gasteiger partial charge is 0.481 e. The number of esters is 1. The molecule has 2 N–H and O–H groups in total. The quantitative estimate of drug-likeness (QED) is 0.119. The monoisotopic (exact) mass is 442 g/mol. The number of carboxylic acid groups (broad SMARTS) is 1. The van der Waals surface area contributed by atoms with Gasteiger partial charge in [0, 0.05) is 6.08 Å². The van der Waals surface area contributed by atoms with Crippen molar-refractivity contribution >= 4 is 11.9 Å². The van der Waals surface area contributed by atoms with E-state index >= 15 is 0 Å². The van der Waals surface area contributed by atoms with E-state index in [1.165, 1.54) is 44.6 Å². The van der Waals surface area contributed by atoms with Crippen LogP contribution in [0.3, 0.4) is 0 Å². The zero-order valence-corrected chi connectivity index (χ0v) is 20.5. The average molecular weight is 443 g/mol. The number of rotatable bonds is 20. The number of carbonyl (C=O) groups is 2. The Morgan fingerprint density at radius 1 is 0.903 bits per heavy atom. The molecule has 0 aliphatic rings. The summed E-state index contributed by atoms with van der Waals surface area (Å²) >= 11 is 0. The second-order valence-electron chi connectivity index (χ2n) is 9.73. The predicted molar refractivity (Wildman–Crippen MR) is 126 cm³/mol. The maximum atomic E-state index is 12.0. The number of aliphatic hydroxyl groups is 1. The van der Waals surface area contributed by atoms with Gasteiger partial charge in [-0.1, -0.05) is 70.8 Å². The Morgan fingerprint density at radius 3 is 2.00 bits per heavy atom. The molecule has 0 spiro atoms. The van der Waals surface area contributed by atoms with Crippen LogP contribution in [0.2, 0.25) is 0 Å². The van der Waals surface area contributed by atoms with Crippen molar-refractivity contribution in [1.29, 1.82) is 0 Å². The van der Waals surface area contributed by atoms with Crippen LogP contribution in [0.1, 0.15) is 96.8 Å². The van der Waals surface area contributed by atoms with Crippen LogP contribution in [0.25, 0.3) is 0 Å². The summed E-state index contributed by atoms with van der Waals surface area (Å²) in [5, 5.41) is 19.0. The molecule has 0 aromatic carbocycles. The van der Waals surface area contributed by atoms with E-state index in [1.54, 1.807) is 0 Å². The van der Waals surface area contributed by atoms with Crippen LogP contribution in [0, 0.1) is 0 Å². The molecule has 0 fully saturated rings. The molecule has 0 aliphatic carbocycles. The van der Waals surface area contributed by atoms with Crippen molar-refractivity contribution in [2.75, 3.05) is 27.7 Å². The minimum atomic E-state index is -0.961. The number of likely N-dealkylation sites (N-methyl/N-ethyl adjacent to an activating group) is 1. The fourth-order valence-electron chi connectivity index (χ4n) is 3.63. The van der Waals surface area contributed by atoms with Gasteiger partial charge in [0.25, 0.3) is 0 Å².